The van der Waals surface area contributed by atoms with Gasteiger partial charge in [-0.15, -0.1) is 11.3 Å². The number of hydrazine groups is 1. The molecule has 0 unspecified atom stereocenters. The lowest BCUT2D eigenvalue weighted by Crippen LogP contribution is -2.29. The van der Waals surface area contributed by atoms with E-state index in [0.29, 0.717) is 18.0 Å². The van der Waals surface area contributed by atoms with Gasteiger partial charge in [0, 0.05) is 47.1 Å². The van der Waals surface area contributed by atoms with Crippen LogP contribution in [0.4, 0.5) is 14.6 Å². The summed E-state index contributed by atoms with van der Waals surface area (Å²) < 4.78 is 25.6. The van der Waals surface area contributed by atoms with Gasteiger partial charge in [-0.05, 0) is 43.5 Å². The fourth-order valence-electron chi connectivity index (χ4n) is 4.32. The fraction of sp³-hybridized carbons (Fsp3) is 0.333. The molecule has 7 nitrogen and oxygen atoms in total. The lowest BCUT2D eigenvalue weighted by Gasteiger charge is -2.27. The second kappa shape index (κ2) is 9.55. The van der Waals surface area contributed by atoms with E-state index in [2.05, 4.69) is 32.2 Å². The predicted octanol–water partition coefficient (Wildman–Crippen LogP) is 4.67. The highest BCUT2D eigenvalue weighted by atomic mass is 32.1. The molecule has 0 saturated carbocycles. The normalized spacial score (nSPS) is 16.9. The summed E-state index contributed by atoms with van der Waals surface area (Å²) in [6, 6.07) is 12.1. The molecule has 4 heterocycles. The molecule has 0 spiro atoms. The fourth-order valence-corrected chi connectivity index (χ4v) is 5.32. The number of nitrogens with two attached hydrogens (primary N) is 2. The maximum atomic E-state index is 12.8. The van der Waals surface area contributed by atoms with Gasteiger partial charge >= 0.3 is 0 Å². The van der Waals surface area contributed by atoms with Gasteiger partial charge in [0.1, 0.15) is 11.5 Å². The quantitative estimate of drug-likeness (QED) is 0.336. The molecule has 34 heavy (non-hydrogen) atoms. The Morgan fingerprint density at radius 1 is 1.15 bits per heavy atom. The second-order valence-electron chi connectivity index (χ2n) is 8.64. The lowest BCUT2D eigenvalue weighted by atomic mass is 10.1. The van der Waals surface area contributed by atoms with E-state index in [-0.39, 0.29) is 12.1 Å². The van der Waals surface area contributed by atoms with Crippen LogP contribution in [0.2, 0.25) is 0 Å². The smallest absolute Gasteiger partial charge is 0.278 e. The van der Waals surface area contributed by atoms with Crippen LogP contribution in [0.25, 0.3) is 16.6 Å². The Morgan fingerprint density at radius 3 is 2.74 bits per heavy atom. The summed E-state index contributed by atoms with van der Waals surface area (Å²) in [7, 11) is 0. The lowest BCUT2D eigenvalue weighted by molar-refractivity contribution is 0.224. The van der Waals surface area contributed by atoms with Gasteiger partial charge < -0.3 is 20.6 Å². The van der Waals surface area contributed by atoms with Crippen molar-refractivity contribution in [1.29, 1.82) is 0 Å². The van der Waals surface area contributed by atoms with Crippen LogP contribution in [0.3, 0.4) is 0 Å². The maximum Gasteiger partial charge on any atom is 0.278 e. The first kappa shape index (κ1) is 22.5. The van der Waals surface area contributed by atoms with Crippen molar-refractivity contribution in [2.75, 3.05) is 18.0 Å². The molecule has 1 fully saturated rings. The molecular formula is C24H27F2N7S. The number of piperidine rings is 1. The Kier molecular flexibility index (Phi) is 6.34. The Balaban J connectivity index is 1.24. The Bertz CT molecular complexity index is 1270. The van der Waals surface area contributed by atoms with Gasteiger partial charge in [0.05, 0.1) is 22.8 Å². The van der Waals surface area contributed by atoms with Gasteiger partial charge in [-0.2, -0.15) is 10.2 Å². The summed E-state index contributed by atoms with van der Waals surface area (Å²) >= 11 is 1.46. The summed E-state index contributed by atoms with van der Waals surface area (Å²) in [5, 5.41) is 10.2. The Morgan fingerprint density at radius 2 is 1.97 bits per heavy atom. The molecule has 2 aliphatic rings. The molecular weight excluding hydrogens is 456 g/mol. The summed E-state index contributed by atoms with van der Waals surface area (Å²) in [6.45, 7) is 2.61. The zero-order valence-electron chi connectivity index (χ0n) is 18.7. The topological polar surface area (TPSA) is 99.0 Å². The molecule has 0 radical (unpaired) electrons. The van der Waals surface area contributed by atoms with Crippen molar-refractivity contribution in [2.45, 2.75) is 38.7 Å². The van der Waals surface area contributed by atoms with E-state index >= 15 is 0 Å². The first-order valence-electron chi connectivity index (χ1n) is 11.3. The third-order valence-corrected chi connectivity index (χ3v) is 7.25. The number of aromatic nitrogens is 1. The molecule has 3 aromatic rings. The molecule has 10 heteroatoms. The molecule has 5 N–H and O–H groups in total. The molecule has 2 aromatic heterocycles. The summed E-state index contributed by atoms with van der Waals surface area (Å²) in [4.78, 5) is 7.72. The van der Waals surface area contributed by atoms with Gasteiger partial charge in [0.15, 0.2) is 0 Å². The van der Waals surface area contributed by atoms with E-state index in [1.54, 1.807) is 6.20 Å². The monoisotopic (exact) mass is 483 g/mol. The summed E-state index contributed by atoms with van der Waals surface area (Å²) in [6.07, 6.45) is 2.97. The number of rotatable bonds is 7. The van der Waals surface area contributed by atoms with Crippen molar-refractivity contribution in [1.82, 2.24) is 9.99 Å². The van der Waals surface area contributed by atoms with E-state index in [1.807, 2.05) is 24.3 Å². The van der Waals surface area contributed by atoms with E-state index in [1.165, 1.54) is 35.6 Å². The number of hydrogen-bond acceptors (Lipinski definition) is 7. The number of benzene rings is 1. The van der Waals surface area contributed by atoms with Gasteiger partial charge in [-0.3, -0.25) is 0 Å². The number of aromatic amines is 1. The van der Waals surface area contributed by atoms with Crippen molar-refractivity contribution < 1.29 is 8.78 Å². The molecule has 0 amide bonds. The first-order chi connectivity index (χ1) is 16.5. The number of alkyl halides is 2. The third-order valence-electron chi connectivity index (χ3n) is 6.13. The standard InChI is InChI=1S/C24H27F2N7S/c25-24(26)21-12-20(30-31-21)22-7-6-17(34-22)13-33(28)14-18(27)15-4-5-16-11-23(29-19(16)10-15)32-8-2-1-3-9-32/h4-7,10-11,14,24,29H,1-3,8-9,12-13,27-28H2/b18-14-. The zero-order chi connectivity index (χ0) is 23.7. The van der Waals surface area contributed by atoms with Crippen LogP contribution in [-0.4, -0.2) is 40.9 Å². The van der Waals surface area contributed by atoms with Crippen molar-refractivity contribution in [3.63, 3.8) is 0 Å². The highest BCUT2D eigenvalue weighted by Crippen LogP contribution is 2.27. The Labute approximate surface area is 200 Å². The summed E-state index contributed by atoms with van der Waals surface area (Å²) in [5.41, 5.74) is 9.22. The summed E-state index contributed by atoms with van der Waals surface area (Å²) in [5.74, 6) is 7.35. The SMILES string of the molecule is N/C(=C\N(N)Cc1ccc(C2=NN=C(C(F)F)C2)s1)c1ccc2cc(N3CCCCC3)[nH]c2c1. The zero-order valence-corrected chi connectivity index (χ0v) is 19.5. The molecule has 178 valence electrons. The number of nitrogens with one attached hydrogen (secondary N) is 1. The Hall–Kier alpha value is -3.24. The van der Waals surface area contributed by atoms with E-state index in [4.69, 9.17) is 11.6 Å². The molecule has 5 rings (SSSR count). The number of hydrogen-bond donors (Lipinski definition) is 3. The van der Waals surface area contributed by atoms with Crippen LogP contribution in [-0.2, 0) is 6.54 Å². The van der Waals surface area contributed by atoms with Crippen LogP contribution in [0.15, 0.2) is 52.8 Å². The second-order valence-corrected chi connectivity index (χ2v) is 9.81. The van der Waals surface area contributed by atoms with Gasteiger partial charge in [-0.25, -0.2) is 14.6 Å². The van der Waals surface area contributed by atoms with Crippen LogP contribution >= 0.6 is 11.3 Å². The van der Waals surface area contributed by atoms with Crippen LogP contribution in [0.5, 0.6) is 0 Å². The van der Waals surface area contributed by atoms with Crippen LogP contribution in [0, 0.1) is 0 Å². The minimum atomic E-state index is -2.57. The molecule has 1 aromatic carbocycles. The average Bonchev–Trinajstić information content (AvgIpc) is 3.58. The number of nitrogens with zero attached hydrogens (tertiary/aromatic N) is 4. The number of thiophene rings is 1. The molecule has 1 saturated heterocycles. The van der Waals surface area contributed by atoms with Gasteiger partial charge in [0.2, 0.25) is 0 Å². The number of halogens is 2. The molecule has 0 atom stereocenters. The molecule has 2 aliphatic heterocycles. The predicted molar refractivity (Wildman–Crippen MR) is 135 cm³/mol. The van der Waals surface area contributed by atoms with E-state index in [9.17, 15) is 8.78 Å². The highest BCUT2D eigenvalue weighted by Gasteiger charge is 2.22. The first-order valence-corrected chi connectivity index (χ1v) is 12.1. The van der Waals surface area contributed by atoms with Gasteiger partial charge in [0.25, 0.3) is 6.43 Å². The number of anilines is 1. The average molecular weight is 484 g/mol. The number of fused-ring (bicyclic) bond motifs is 1. The van der Waals surface area contributed by atoms with Crippen LogP contribution in [0.1, 0.15) is 41.0 Å². The maximum absolute atomic E-state index is 12.8. The van der Waals surface area contributed by atoms with E-state index < -0.39 is 6.43 Å². The number of H-pyrrole nitrogens is 1. The highest BCUT2D eigenvalue weighted by molar-refractivity contribution is 7.14. The van der Waals surface area contributed by atoms with Crippen molar-refractivity contribution in [3.05, 3.63) is 57.9 Å². The van der Waals surface area contributed by atoms with E-state index in [0.717, 1.165) is 45.1 Å². The minimum Gasteiger partial charge on any atom is -0.397 e. The molecule has 0 aliphatic carbocycles. The van der Waals surface area contributed by atoms with Crippen LogP contribution < -0.4 is 16.5 Å². The van der Waals surface area contributed by atoms with Crippen molar-refractivity contribution in [3.8, 4) is 0 Å². The van der Waals surface area contributed by atoms with Gasteiger partial charge in [-0.1, -0.05) is 12.1 Å². The molecule has 0 bridgehead atoms. The third kappa shape index (κ3) is 4.83. The van der Waals surface area contributed by atoms with Crippen molar-refractivity contribution >= 4 is 45.2 Å². The minimum absolute atomic E-state index is 0.0809. The van der Waals surface area contributed by atoms with Crippen molar-refractivity contribution in [2.24, 2.45) is 21.8 Å². The largest absolute Gasteiger partial charge is 0.397 e.